The number of nitrogens with zero attached hydrogens (tertiary/aromatic N) is 3. The molecule has 27 heavy (non-hydrogen) atoms. The highest BCUT2D eigenvalue weighted by Crippen LogP contribution is 2.38. The topological polar surface area (TPSA) is 68.7 Å². The van der Waals surface area contributed by atoms with Crippen molar-refractivity contribution in [1.82, 2.24) is 10.5 Å². The smallest absolute Gasteiger partial charge is 0.365 e. The van der Waals surface area contributed by atoms with Crippen LogP contribution in [0.5, 0.6) is 0 Å². The lowest BCUT2D eigenvalue weighted by Gasteiger charge is -2.36. The first-order valence-electron chi connectivity index (χ1n) is 8.48. The van der Waals surface area contributed by atoms with E-state index in [0.29, 0.717) is 24.5 Å². The highest BCUT2D eigenvalue weighted by molar-refractivity contribution is 5.93. The summed E-state index contributed by atoms with van der Waals surface area (Å²) in [5.74, 6) is -0.224. The number of amides is 1. The third-order valence-corrected chi connectivity index (χ3v) is 5.17. The van der Waals surface area contributed by atoms with E-state index in [-0.39, 0.29) is 12.1 Å². The van der Waals surface area contributed by atoms with Crippen molar-refractivity contribution in [3.63, 3.8) is 0 Å². The number of nitrogens with one attached hydrogen (secondary N) is 1. The molecule has 0 radical (unpaired) electrons. The van der Waals surface area contributed by atoms with E-state index in [1.165, 1.54) is 6.20 Å². The van der Waals surface area contributed by atoms with Crippen molar-refractivity contribution in [2.24, 2.45) is 0 Å². The Labute approximate surface area is 153 Å². The van der Waals surface area contributed by atoms with Crippen molar-refractivity contribution in [2.45, 2.75) is 24.7 Å². The lowest BCUT2D eigenvalue weighted by Crippen LogP contribution is -2.47. The molecule has 0 unspecified atom stereocenters. The SMILES string of the molecule is O=C(NO)c1ccc(N2C[C@@H]3C[C@@H]2CN3c2cc(C(F)(F)F)ccn2)cc1. The highest BCUT2D eigenvalue weighted by Gasteiger charge is 2.44. The summed E-state index contributed by atoms with van der Waals surface area (Å²) in [5, 5.41) is 8.67. The zero-order chi connectivity index (χ0) is 19.2. The van der Waals surface area contributed by atoms with Gasteiger partial charge in [0.2, 0.25) is 0 Å². The standard InChI is InChI=1S/C18H17F3N4O2/c19-18(20,21)12-5-6-22-16(7-12)25-10-14-8-15(25)9-24(14)13-3-1-11(2-4-13)17(26)23-27/h1-7,14-15,27H,8-10H2,(H,23,26)/t14-,15+/m1/s1. The Bertz CT molecular complexity index is 856. The van der Waals surface area contributed by atoms with Crippen molar-refractivity contribution in [3.8, 4) is 0 Å². The van der Waals surface area contributed by atoms with Gasteiger partial charge in [0.25, 0.3) is 5.91 Å². The van der Waals surface area contributed by atoms with Crippen LogP contribution in [0.3, 0.4) is 0 Å². The maximum absolute atomic E-state index is 12.9. The van der Waals surface area contributed by atoms with Gasteiger partial charge in [0, 0.05) is 36.6 Å². The molecule has 0 saturated carbocycles. The fraction of sp³-hybridized carbons (Fsp3) is 0.333. The van der Waals surface area contributed by atoms with Crippen molar-refractivity contribution >= 4 is 17.4 Å². The maximum Gasteiger partial charge on any atom is 0.416 e. The van der Waals surface area contributed by atoms with Gasteiger partial charge in [-0.2, -0.15) is 13.2 Å². The number of carbonyl (C=O) groups excluding carboxylic acids is 1. The molecule has 2 N–H and O–H groups in total. The number of alkyl halides is 3. The molecule has 9 heteroatoms. The second-order valence-electron chi connectivity index (χ2n) is 6.74. The molecule has 0 spiro atoms. The van der Waals surface area contributed by atoms with Crippen LogP contribution in [0, 0.1) is 0 Å². The number of halogens is 3. The van der Waals surface area contributed by atoms with Crippen LogP contribution in [0.4, 0.5) is 24.7 Å². The molecule has 2 saturated heterocycles. The minimum atomic E-state index is -4.38. The van der Waals surface area contributed by atoms with E-state index in [9.17, 15) is 18.0 Å². The summed E-state index contributed by atoms with van der Waals surface area (Å²) in [7, 11) is 0. The second-order valence-corrected chi connectivity index (χ2v) is 6.74. The van der Waals surface area contributed by atoms with Gasteiger partial charge in [-0.25, -0.2) is 10.5 Å². The molecular formula is C18H17F3N4O2. The largest absolute Gasteiger partial charge is 0.416 e. The molecule has 2 aliphatic rings. The molecule has 0 aliphatic carbocycles. The van der Waals surface area contributed by atoms with E-state index >= 15 is 0 Å². The third-order valence-electron chi connectivity index (χ3n) is 5.17. The normalized spacial score (nSPS) is 21.6. The first-order valence-corrected chi connectivity index (χ1v) is 8.48. The van der Waals surface area contributed by atoms with Gasteiger partial charge in [0.1, 0.15) is 5.82 Å². The molecule has 2 aliphatic heterocycles. The molecule has 1 aromatic heterocycles. The van der Waals surface area contributed by atoms with Gasteiger partial charge in [-0.05, 0) is 42.8 Å². The van der Waals surface area contributed by atoms with Crippen LogP contribution < -0.4 is 15.3 Å². The number of hydrogen-bond acceptors (Lipinski definition) is 5. The van der Waals surface area contributed by atoms with Crippen LogP contribution in [0.2, 0.25) is 0 Å². The van der Waals surface area contributed by atoms with Gasteiger partial charge in [0.15, 0.2) is 0 Å². The Morgan fingerprint density at radius 1 is 1.11 bits per heavy atom. The van der Waals surface area contributed by atoms with Gasteiger partial charge < -0.3 is 9.80 Å². The molecule has 142 valence electrons. The number of benzene rings is 1. The summed E-state index contributed by atoms with van der Waals surface area (Å²) < 4.78 is 38.8. The van der Waals surface area contributed by atoms with Gasteiger partial charge in [-0.15, -0.1) is 0 Å². The predicted octanol–water partition coefficient (Wildman–Crippen LogP) is 2.69. The van der Waals surface area contributed by atoms with E-state index in [0.717, 1.165) is 24.2 Å². The number of piperazine rings is 1. The maximum atomic E-state index is 12.9. The average molecular weight is 378 g/mol. The third kappa shape index (κ3) is 3.18. The molecular weight excluding hydrogens is 361 g/mol. The van der Waals surface area contributed by atoms with Crippen LogP contribution >= 0.6 is 0 Å². The van der Waals surface area contributed by atoms with E-state index in [1.807, 2.05) is 4.90 Å². The minimum Gasteiger partial charge on any atom is -0.365 e. The van der Waals surface area contributed by atoms with E-state index in [4.69, 9.17) is 5.21 Å². The van der Waals surface area contributed by atoms with Crippen molar-refractivity contribution in [1.29, 1.82) is 0 Å². The average Bonchev–Trinajstić information content (AvgIpc) is 3.28. The number of carbonyl (C=O) groups is 1. The summed E-state index contributed by atoms with van der Waals surface area (Å²) in [6.45, 7) is 1.27. The highest BCUT2D eigenvalue weighted by atomic mass is 19.4. The Morgan fingerprint density at radius 2 is 1.78 bits per heavy atom. The molecule has 4 rings (SSSR count). The van der Waals surface area contributed by atoms with E-state index < -0.39 is 17.6 Å². The van der Waals surface area contributed by atoms with Crippen LogP contribution in [0.1, 0.15) is 22.3 Å². The Kier molecular flexibility index (Phi) is 4.18. The van der Waals surface area contributed by atoms with E-state index in [1.54, 1.807) is 29.7 Å². The number of hydroxylamine groups is 1. The molecule has 2 atom stereocenters. The second kappa shape index (κ2) is 6.41. The molecule has 2 aromatic rings. The molecule has 6 nitrogen and oxygen atoms in total. The quantitative estimate of drug-likeness (QED) is 0.635. The minimum absolute atomic E-state index is 0.0893. The van der Waals surface area contributed by atoms with Crippen LogP contribution in [0.25, 0.3) is 0 Å². The van der Waals surface area contributed by atoms with Gasteiger partial charge in [0.05, 0.1) is 11.6 Å². The molecule has 2 fully saturated rings. The summed E-state index contributed by atoms with van der Waals surface area (Å²) in [6, 6.07) is 9.20. The van der Waals surface area contributed by atoms with Crippen LogP contribution in [-0.2, 0) is 6.18 Å². The summed E-state index contributed by atoms with van der Waals surface area (Å²) >= 11 is 0. The number of fused-ring (bicyclic) bond motifs is 2. The first-order chi connectivity index (χ1) is 12.9. The van der Waals surface area contributed by atoms with Crippen molar-refractivity contribution in [2.75, 3.05) is 22.9 Å². The fourth-order valence-corrected chi connectivity index (χ4v) is 3.88. The van der Waals surface area contributed by atoms with Gasteiger partial charge in [-0.3, -0.25) is 10.0 Å². The number of pyridine rings is 1. The Hall–Kier alpha value is -2.81. The number of hydrogen-bond donors (Lipinski definition) is 2. The molecule has 3 heterocycles. The van der Waals surface area contributed by atoms with Crippen molar-refractivity contribution < 1.29 is 23.2 Å². The number of rotatable bonds is 3. The van der Waals surface area contributed by atoms with Crippen molar-refractivity contribution in [3.05, 3.63) is 53.7 Å². The Balaban J connectivity index is 1.49. The molecule has 2 bridgehead atoms. The molecule has 1 amide bonds. The summed E-state index contributed by atoms with van der Waals surface area (Å²) in [4.78, 5) is 19.7. The summed E-state index contributed by atoms with van der Waals surface area (Å²) in [5.41, 5.74) is 2.19. The van der Waals surface area contributed by atoms with Gasteiger partial charge in [-0.1, -0.05) is 0 Å². The van der Waals surface area contributed by atoms with E-state index in [2.05, 4.69) is 9.88 Å². The first kappa shape index (κ1) is 17.6. The van der Waals surface area contributed by atoms with Crippen LogP contribution in [0.15, 0.2) is 42.6 Å². The summed E-state index contributed by atoms with van der Waals surface area (Å²) in [6.07, 6.45) is -2.34. The lowest BCUT2D eigenvalue weighted by molar-refractivity contribution is -0.137. The zero-order valence-corrected chi connectivity index (χ0v) is 14.1. The number of anilines is 2. The zero-order valence-electron chi connectivity index (χ0n) is 14.1. The number of aromatic nitrogens is 1. The predicted molar refractivity (Wildman–Crippen MR) is 91.8 cm³/mol. The van der Waals surface area contributed by atoms with Crippen LogP contribution in [-0.4, -0.2) is 41.3 Å². The fourth-order valence-electron chi connectivity index (χ4n) is 3.88. The monoisotopic (exact) mass is 378 g/mol. The lowest BCUT2D eigenvalue weighted by atomic mass is 10.1. The Morgan fingerprint density at radius 3 is 2.37 bits per heavy atom. The molecule has 1 aromatic carbocycles. The van der Waals surface area contributed by atoms with Gasteiger partial charge >= 0.3 is 6.18 Å².